The predicted octanol–water partition coefficient (Wildman–Crippen LogP) is 2.04. The highest BCUT2D eigenvalue weighted by Gasteiger charge is 2.23. The first-order valence-corrected chi connectivity index (χ1v) is 6.97. The van der Waals surface area contributed by atoms with Crippen LogP contribution in [0.25, 0.3) is 0 Å². The molecule has 0 bridgehead atoms. The summed E-state index contributed by atoms with van der Waals surface area (Å²) in [4.78, 5) is 12.5. The van der Waals surface area contributed by atoms with Gasteiger partial charge in [-0.3, -0.25) is 4.79 Å². The number of ketones is 1. The van der Waals surface area contributed by atoms with Crippen molar-refractivity contribution in [1.82, 2.24) is 0 Å². The van der Waals surface area contributed by atoms with Crippen LogP contribution < -0.4 is 14.2 Å². The number of benzene rings is 2. The Kier molecular flexibility index (Phi) is 5.15. The summed E-state index contributed by atoms with van der Waals surface area (Å²) >= 11 is 0. The zero-order valence-corrected chi connectivity index (χ0v) is 13.4. The minimum Gasteiger partial charge on any atom is -0.504 e. The Hall–Kier alpha value is -2.93. The number of aliphatic hydroxyl groups is 1. The summed E-state index contributed by atoms with van der Waals surface area (Å²) in [5.41, 5.74) is 0.349. The first kappa shape index (κ1) is 17.4. The van der Waals surface area contributed by atoms with Crippen molar-refractivity contribution < 1.29 is 34.3 Å². The quantitative estimate of drug-likeness (QED) is 0.694. The maximum Gasteiger partial charge on any atom is 0.200 e. The Morgan fingerprint density at radius 1 is 0.917 bits per heavy atom. The summed E-state index contributed by atoms with van der Waals surface area (Å²) in [7, 11) is 4.05. The maximum atomic E-state index is 12.5. The molecule has 3 N–H and O–H groups in total. The van der Waals surface area contributed by atoms with Crippen LogP contribution in [0.4, 0.5) is 0 Å². The monoisotopic (exact) mass is 334 g/mol. The Morgan fingerprint density at radius 2 is 1.46 bits per heavy atom. The molecule has 24 heavy (non-hydrogen) atoms. The summed E-state index contributed by atoms with van der Waals surface area (Å²) < 4.78 is 15.0. The Bertz CT molecular complexity index is 730. The highest BCUT2D eigenvalue weighted by atomic mass is 16.5. The van der Waals surface area contributed by atoms with E-state index in [4.69, 9.17) is 14.2 Å². The highest BCUT2D eigenvalue weighted by molar-refractivity contribution is 6.00. The van der Waals surface area contributed by atoms with Crippen molar-refractivity contribution in [3.05, 3.63) is 41.5 Å². The molecular formula is C17H18O7. The summed E-state index contributed by atoms with van der Waals surface area (Å²) in [5.74, 6) is -0.692. The summed E-state index contributed by atoms with van der Waals surface area (Å²) in [6.07, 6.45) is -1.51. The van der Waals surface area contributed by atoms with E-state index in [9.17, 15) is 20.1 Å². The molecule has 7 heteroatoms. The van der Waals surface area contributed by atoms with Crippen molar-refractivity contribution in [2.75, 3.05) is 21.3 Å². The molecule has 2 aromatic rings. The van der Waals surface area contributed by atoms with Crippen LogP contribution in [-0.2, 0) is 0 Å². The van der Waals surface area contributed by atoms with Gasteiger partial charge in [-0.15, -0.1) is 0 Å². The van der Waals surface area contributed by atoms with E-state index in [0.717, 1.165) is 0 Å². The number of aliphatic hydroxyl groups excluding tert-OH is 1. The first-order chi connectivity index (χ1) is 11.4. The molecule has 2 aromatic carbocycles. The molecule has 0 aliphatic rings. The first-order valence-electron chi connectivity index (χ1n) is 6.97. The molecule has 1 atom stereocenters. The van der Waals surface area contributed by atoms with E-state index in [2.05, 4.69) is 0 Å². The maximum absolute atomic E-state index is 12.5. The van der Waals surface area contributed by atoms with E-state index in [1.54, 1.807) is 0 Å². The number of methoxy groups -OCH3 is 3. The van der Waals surface area contributed by atoms with Gasteiger partial charge in [0.05, 0.1) is 21.3 Å². The number of aromatic hydroxyl groups is 2. The largest absolute Gasteiger partial charge is 0.504 e. The molecule has 1 unspecified atom stereocenters. The lowest BCUT2D eigenvalue weighted by atomic mass is 9.99. The van der Waals surface area contributed by atoms with Gasteiger partial charge in [0.2, 0.25) is 5.75 Å². The minimum absolute atomic E-state index is 0.0690. The summed E-state index contributed by atoms with van der Waals surface area (Å²) in [5, 5.41) is 29.8. The molecule has 0 aliphatic carbocycles. The lowest BCUT2D eigenvalue weighted by molar-refractivity contribution is 0.0746. The van der Waals surface area contributed by atoms with Gasteiger partial charge in [-0.2, -0.15) is 0 Å². The number of carbonyl (C=O) groups is 1. The molecule has 0 fully saturated rings. The minimum atomic E-state index is -1.51. The highest BCUT2D eigenvalue weighted by Crippen LogP contribution is 2.39. The van der Waals surface area contributed by atoms with Gasteiger partial charge in [-0.25, -0.2) is 0 Å². The fourth-order valence-electron chi connectivity index (χ4n) is 2.21. The predicted molar refractivity (Wildman–Crippen MR) is 85.2 cm³/mol. The van der Waals surface area contributed by atoms with Crippen molar-refractivity contribution in [2.45, 2.75) is 6.10 Å². The van der Waals surface area contributed by atoms with Crippen molar-refractivity contribution in [2.24, 2.45) is 0 Å². The van der Waals surface area contributed by atoms with Crippen LogP contribution in [-0.4, -0.2) is 42.4 Å². The molecule has 0 spiro atoms. The van der Waals surface area contributed by atoms with Gasteiger partial charge in [0.15, 0.2) is 28.8 Å². The van der Waals surface area contributed by atoms with E-state index in [1.165, 1.54) is 51.7 Å². The van der Waals surface area contributed by atoms with E-state index >= 15 is 0 Å². The van der Waals surface area contributed by atoms with Gasteiger partial charge in [0, 0.05) is 5.56 Å². The van der Waals surface area contributed by atoms with Gasteiger partial charge in [0.1, 0.15) is 6.10 Å². The van der Waals surface area contributed by atoms with E-state index in [0.29, 0.717) is 0 Å². The SMILES string of the molecule is COc1cc(C(=O)C(O)c2cc(OC)c(O)c(OC)c2)ccc1O. The number of ether oxygens (including phenoxy) is 3. The van der Waals surface area contributed by atoms with Gasteiger partial charge in [-0.1, -0.05) is 0 Å². The van der Waals surface area contributed by atoms with E-state index < -0.39 is 11.9 Å². The zero-order valence-electron chi connectivity index (χ0n) is 13.4. The fraction of sp³-hybridized carbons (Fsp3) is 0.235. The van der Waals surface area contributed by atoms with Crippen LogP contribution in [0.3, 0.4) is 0 Å². The van der Waals surface area contributed by atoms with Crippen molar-refractivity contribution in [1.29, 1.82) is 0 Å². The average molecular weight is 334 g/mol. The topological polar surface area (TPSA) is 105 Å². The summed E-state index contributed by atoms with van der Waals surface area (Å²) in [6, 6.07) is 6.70. The lowest BCUT2D eigenvalue weighted by Gasteiger charge is -2.15. The number of hydrogen-bond donors (Lipinski definition) is 3. The third-order valence-electron chi connectivity index (χ3n) is 3.53. The Morgan fingerprint density at radius 3 is 1.96 bits per heavy atom. The molecule has 0 heterocycles. The standard InChI is InChI=1S/C17H18O7/c1-22-12-6-9(4-5-11(12)18)15(19)16(20)10-7-13(23-2)17(21)14(8-10)24-3/h4-8,16,18,20-21H,1-3H3. The number of rotatable bonds is 6. The second-order valence-corrected chi connectivity index (χ2v) is 4.93. The number of Topliss-reactive ketones (excluding diaryl/α,β-unsaturated/α-hetero) is 1. The second-order valence-electron chi connectivity index (χ2n) is 4.93. The number of carbonyl (C=O) groups excluding carboxylic acids is 1. The molecule has 0 saturated carbocycles. The smallest absolute Gasteiger partial charge is 0.200 e. The molecule has 2 rings (SSSR count). The summed E-state index contributed by atoms with van der Waals surface area (Å²) in [6.45, 7) is 0. The van der Waals surface area contributed by atoms with Gasteiger partial charge < -0.3 is 29.5 Å². The van der Waals surface area contributed by atoms with Gasteiger partial charge >= 0.3 is 0 Å². The van der Waals surface area contributed by atoms with E-state index in [-0.39, 0.29) is 39.9 Å². The lowest BCUT2D eigenvalue weighted by Crippen LogP contribution is -2.13. The molecule has 7 nitrogen and oxygen atoms in total. The Balaban J connectivity index is 2.41. The van der Waals surface area contributed by atoms with E-state index in [1.807, 2.05) is 0 Å². The number of phenols is 2. The second kappa shape index (κ2) is 7.10. The van der Waals surface area contributed by atoms with Crippen LogP contribution in [0, 0.1) is 0 Å². The number of phenolic OH excluding ortho intramolecular Hbond substituents is 2. The van der Waals surface area contributed by atoms with Crippen molar-refractivity contribution in [3.63, 3.8) is 0 Å². The third kappa shape index (κ3) is 3.21. The van der Waals surface area contributed by atoms with Crippen LogP contribution in [0.5, 0.6) is 28.7 Å². The normalized spacial score (nSPS) is 11.7. The third-order valence-corrected chi connectivity index (χ3v) is 3.53. The van der Waals surface area contributed by atoms with Crippen LogP contribution in [0.15, 0.2) is 30.3 Å². The van der Waals surface area contributed by atoms with Crippen LogP contribution >= 0.6 is 0 Å². The van der Waals surface area contributed by atoms with Crippen LogP contribution in [0.2, 0.25) is 0 Å². The number of hydrogen-bond acceptors (Lipinski definition) is 7. The molecule has 0 saturated heterocycles. The fourth-order valence-corrected chi connectivity index (χ4v) is 2.21. The van der Waals surface area contributed by atoms with Crippen molar-refractivity contribution in [3.8, 4) is 28.7 Å². The average Bonchev–Trinajstić information content (AvgIpc) is 2.61. The molecule has 0 aliphatic heterocycles. The van der Waals surface area contributed by atoms with Crippen molar-refractivity contribution >= 4 is 5.78 Å². The molecular weight excluding hydrogens is 316 g/mol. The molecule has 0 amide bonds. The Labute approximate surface area is 138 Å². The van der Waals surface area contributed by atoms with Crippen LogP contribution in [0.1, 0.15) is 22.0 Å². The van der Waals surface area contributed by atoms with Gasteiger partial charge in [0.25, 0.3) is 0 Å². The van der Waals surface area contributed by atoms with Gasteiger partial charge in [-0.05, 0) is 35.9 Å². The zero-order chi connectivity index (χ0) is 17.9. The molecule has 128 valence electrons. The molecule has 0 radical (unpaired) electrons. The molecule has 0 aromatic heterocycles.